The van der Waals surface area contributed by atoms with Crippen LogP contribution in [-0.4, -0.2) is 5.11 Å². The first kappa shape index (κ1) is 10.7. The van der Waals surface area contributed by atoms with Crippen molar-refractivity contribution in [3.05, 3.63) is 37.1 Å². The normalized spacial score (nSPS) is 10.9. The SMILES string of the molecule is Cc1cc2c(Br)cc(Br)c(=O)c(O)c2o1. The zero-order chi connectivity index (χ0) is 11.2. The Labute approximate surface area is 102 Å². The summed E-state index contributed by atoms with van der Waals surface area (Å²) in [7, 11) is 0. The van der Waals surface area contributed by atoms with Crippen LogP contribution >= 0.6 is 31.9 Å². The largest absolute Gasteiger partial charge is 0.502 e. The standard InChI is InChI=1S/C10H6Br2O3/c1-4-2-5-6(11)3-7(12)8(13)9(14)10(5)15-4/h2-3H,1H3,(H,13,14). The lowest BCUT2D eigenvalue weighted by Gasteiger charge is -1.85. The lowest BCUT2D eigenvalue weighted by Crippen LogP contribution is -1.96. The molecule has 78 valence electrons. The predicted molar refractivity (Wildman–Crippen MR) is 64.3 cm³/mol. The summed E-state index contributed by atoms with van der Waals surface area (Å²) in [5.41, 5.74) is -0.282. The van der Waals surface area contributed by atoms with Gasteiger partial charge in [0.2, 0.25) is 11.2 Å². The van der Waals surface area contributed by atoms with Crippen LogP contribution in [0.4, 0.5) is 0 Å². The summed E-state index contributed by atoms with van der Waals surface area (Å²) in [6.07, 6.45) is 0. The summed E-state index contributed by atoms with van der Waals surface area (Å²) in [6.45, 7) is 1.76. The first-order chi connectivity index (χ1) is 7.00. The molecule has 0 aliphatic rings. The highest BCUT2D eigenvalue weighted by atomic mass is 79.9. The number of hydrogen-bond donors (Lipinski definition) is 1. The van der Waals surface area contributed by atoms with E-state index < -0.39 is 5.43 Å². The number of halogens is 2. The van der Waals surface area contributed by atoms with Crippen LogP contribution in [-0.2, 0) is 0 Å². The monoisotopic (exact) mass is 332 g/mol. The summed E-state index contributed by atoms with van der Waals surface area (Å²) in [4.78, 5) is 11.6. The van der Waals surface area contributed by atoms with Gasteiger partial charge in [0.1, 0.15) is 5.76 Å². The molecule has 1 aromatic heterocycles. The van der Waals surface area contributed by atoms with Crippen LogP contribution < -0.4 is 5.43 Å². The van der Waals surface area contributed by atoms with Gasteiger partial charge in [-0.15, -0.1) is 0 Å². The molecule has 1 heterocycles. The van der Waals surface area contributed by atoms with Crippen LogP contribution in [0.5, 0.6) is 5.75 Å². The molecule has 3 nitrogen and oxygen atoms in total. The molecule has 0 atom stereocenters. The number of hydrogen-bond acceptors (Lipinski definition) is 3. The van der Waals surface area contributed by atoms with Gasteiger partial charge in [-0.2, -0.15) is 0 Å². The number of fused-ring (bicyclic) bond motifs is 1. The van der Waals surface area contributed by atoms with Crippen LogP contribution in [0, 0.1) is 6.92 Å². The zero-order valence-corrected chi connectivity index (χ0v) is 10.8. The Morgan fingerprint density at radius 1 is 1.27 bits per heavy atom. The molecule has 2 aromatic rings. The van der Waals surface area contributed by atoms with E-state index in [4.69, 9.17) is 4.42 Å². The Bertz CT molecular complexity index is 602. The predicted octanol–water partition coefficient (Wildman–Crippen LogP) is 3.33. The Balaban J connectivity index is 3.12. The van der Waals surface area contributed by atoms with Gasteiger partial charge in [0.05, 0.1) is 4.47 Å². The lowest BCUT2D eigenvalue weighted by molar-refractivity contribution is 0.457. The average molecular weight is 334 g/mol. The van der Waals surface area contributed by atoms with Crippen molar-refractivity contribution in [3.8, 4) is 5.75 Å². The summed E-state index contributed by atoms with van der Waals surface area (Å²) in [6, 6.07) is 3.35. The van der Waals surface area contributed by atoms with Gasteiger partial charge in [-0.1, -0.05) is 0 Å². The van der Waals surface area contributed by atoms with E-state index in [1.807, 2.05) is 0 Å². The van der Waals surface area contributed by atoms with E-state index >= 15 is 0 Å². The molecule has 0 unspecified atom stereocenters. The van der Waals surface area contributed by atoms with E-state index in [0.717, 1.165) is 0 Å². The van der Waals surface area contributed by atoms with Gasteiger partial charge in [0.15, 0.2) is 5.58 Å². The molecule has 0 fully saturated rings. The molecule has 0 aliphatic carbocycles. The van der Waals surface area contributed by atoms with Crippen molar-refractivity contribution in [2.45, 2.75) is 6.92 Å². The first-order valence-corrected chi connectivity index (χ1v) is 5.70. The van der Waals surface area contributed by atoms with Gasteiger partial charge >= 0.3 is 0 Å². The third-order valence-electron chi connectivity index (χ3n) is 2.01. The molecule has 0 spiro atoms. The van der Waals surface area contributed by atoms with Gasteiger partial charge in [-0.25, -0.2) is 0 Å². The second-order valence-electron chi connectivity index (χ2n) is 3.12. The van der Waals surface area contributed by atoms with Gasteiger partial charge in [-0.3, -0.25) is 4.79 Å². The fourth-order valence-corrected chi connectivity index (χ4v) is 2.59. The first-order valence-electron chi connectivity index (χ1n) is 4.12. The van der Waals surface area contributed by atoms with Gasteiger partial charge in [-0.05, 0) is 50.9 Å². The molecule has 2 rings (SSSR count). The Hall–Kier alpha value is -0.810. The third kappa shape index (κ3) is 1.70. The highest BCUT2D eigenvalue weighted by molar-refractivity contribution is 9.11. The van der Waals surface area contributed by atoms with Gasteiger partial charge in [0, 0.05) is 9.86 Å². The third-order valence-corrected chi connectivity index (χ3v) is 3.26. The summed E-state index contributed by atoms with van der Waals surface area (Å²) < 4.78 is 6.26. The van der Waals surface area contributed by atoms with Crippen LogP contribution in [0.1, 0.15) is 5.76 Å². The van der Waals surface area contributed by atoms with Crippen LogP contribution in [0.25, 0.3) is 11.0 Å². The van der Waals surface area contributed by atoms with Crippen molar-refractivity contribution in [3.63, 3.8) is 0 Å². The molecule has 0 radical (unpaired) electrons. The summed E-state index contributed by atoms with van der Waals surface area (Å²) in [5.74, 6) is 0.262. The molecule has 1 N–H and O–H groups in total. The maximum absolute atomic E-state index is 11.6. The quantitative estimate of drug-likeness (QED) is 0.804. The second kappa shape index (κ2) is 3.64. The molecule has 0 bridgehead atoms. The minimum Gasteiger partial charge on any atom is -0.502 e. The van der Waals surface area contributed by atoms with E-state index in [2.05, 4.69) is 31.9 Å². The molecular weight excluding hydrogens is 328 g/mol. The maximum Gasteiger partial charge on any atom is 0.238 e. The highest BCUT2D eigenvalue weighted by Crippen LogP contribution is 2.31. The van der Waals surface area contributed by atoms with Crippen molar-refractivity contribution in [2.24, 2.45) is 0 Å². The average Bonchev–Trinajstić information content (AvgIpc) is 2.54. The minimum atomic E-state index is -0.486. The van der Waals surface area contributed by atoms with E-state index in [1.54, 1.807) is 19.1 Å². The fraction of sp³-hybridized carbons (Fsp3) is 0.100. The molecule has 1 aromatic carbocycles. The molecule has 0 amide bonds. The van der Waals surface area contributed by atoms with E-state index in [0.29, 0.717) is 15.6 Å². The molecular formula is C10H6Br2O3. The second-order valence-corrected chi connectivity index (χ2v) is 4.83. The summed E-state index contributed by atoms with van der Waals surface area (Å²) in [5, 5.41) is 10.4. The molecule has 0 saturated carbocycles. The van der Waals surface area contributed by atoms with Crippen LogP contribution in [0.15, 0.2) is 30.3 Å². The van der Waals surface area contributed by atoms with Crippen LogP contribution in [0.2, 0.25) is 0 Å². The maximum atomic E-state index is 11.6. The molecule has 5 heteroatoms. The highest BCUT2D eigenvalue weighted by Gasteiger charge is 2.12. The van der Waals surface area contributed by atoms with E-state index in [-0.39, 0.29) is 15.8 Å². The smallest absolute Gasteiger partial charge is 0.238 e. The Morgan fingerprint density at radius 2 is 1.93 bits per heavy atom. The van der Waals surface area contributed by atoms with E-state index in [1.165, 1.54) is 0 Å². The van der Waals surface area contributed by atoms with Crippen molar-refractivity contribution >= 4 is 42.8 Å². The van der Waals surface area contributed by atoms with E-state index in [9.17, 15) is 9.90 Å². The zero-order valence-electron chi connectivity index (χ0n) is 7.67. The van der Waals surface area contributed by atoms with Crippen molar-refractivity contribution in [1.82, 2.24) is 0 Å². The topological polar surface area (TPSA) is 50.4 Å². The molecule has 0 aliphatic heterocycles. The van der Waals surface area contributed by atoms with Crippen molar-refractivity contribution < 1.29 is 9.52 Å². The fourth-order valence-electron chi connectivity index (χ4n) is 1.34. The lowest BCUT2D eigenvalue weighted by atomic mass is 10.3. The summed E-state index contributed by atoms with van der Waals surface area (Å²) >= 11 is 6.40. The Morgan fingerprint density at radius 3 is 2.60 bits per heavy atom. The molecule has 0 saturated heterocycles. The van der Waals surface area contributed by atoms with Gasteiger partial charge in [0.25, 0.3) is 0 Å². The van der Waals surface area contributed by atoms with Crippen molar-refractivity contribution in [1.29, 1.82) is 0 Å². The van der Waals surface area contributed by atoms with Crippen LogP contribution in [0.3, 0.4) is 0 Å². The number of furan rings is 1. The van der Waals surface area contributed by atoms with Crippen molar-refractivity contribution in [2.75, 3.05) is 0 Å². The Kier molecular flexibility index (Phi) is 2.60. The molecule has 15 heavy (non-hydrogen) atoms. The number of rotatable bonds is 0. The number of aryl methyl sites for hydroxylation is 1. The van der Waals surface area contributed by atoms with Gasteiger partial charge < -0.3 is 9.52 Å². The number of aromatic hydroxyl groups is 1. The minimum absolute atomic E-state index is 0.204.